The lowest BCUT2D eigenvalue weighted by Gasteiger charge is -2.41. The van der Waals surface area contributed by atoms with Gasteiger partial charge in [0.25, 0.3) is 0 Å². The molecule has 0 saturated carbocycles. The third kappa shape index (κ3) is 6.45. The Morgan fingerprint density at radius 3 is 2.29 bits per heavy atom. The molecule has 1 N–H and O–H groups in total. The fraction of sp³-hybridized carbons (Fsp3) is 0.367. The summed E-state index contributed by atoms with van der Waals surface area (Å²) in [6.07, 6.45) is -1.96. The van der Waals surface area contributed by atoms with E-state index < -0.39 is 30.7 Å². The molecular formula is C30H34O8. The van der Waals surface area contributed by atoms with E-state index in [1.165, 1.54) is 7.11 Å². The number of carbonyl (C=O) groups excluding carboxylic acids is 1. The lowest BCUT2D eigenvalue weighted by atomic mass is 10.0. The molecule has 1 fully saturated rings. The Labute approximate surface area is 223 Å². The van der Waals surface area contributed by atoms with Crippen LogP contribution in [-0.4, -0.2) is 56.3 Å². The van der Waals surface area contributed by atoms with Crippen LogP contribution >= 0.6 is 0 Å². The Morgan fingerprint density at radius 1 is 0.974 bits per heavy atom. The number of aliphatic hydroxyl groups excluding tert-OH is 1. The highest BCUT2D eigenvalue weighted by Gasteiger charge is 2.39. The SMILES string of the molecule is COc1ccc([C@@H]2OC(C)(C)OC[C@H]2Oc2ccc(C(=O)C(CO)Oc3ccc(C)cc3)cc2OC)cc1. The summed E-state index contributed by atoms with van der Waals surface area (Å²) in [4.78, 5) is 13.1. The van der Waals surface area contributed by atoms with Gasteiger partial charge >= 0.3 is 0 Å². The largest absolute Gasteiger partial charge is 0.497 e. The number of hydrogen-bond acceptors (Lipinski definition) is 8. The molecule has 3 aromatic carbocycles. The standard InChI is InChI=1S/C30H34O8/c1-19-6-11-23(12-7-19)36-26(17-31)28(32)21-10-15-24(25(16-21)34-5)37-27-18-35-30(2,3)38-29(27)20-8-13-22(33-4)14-9-20/h6-16,26-27,29,31H,17-18H2,1-5H3/t26?,27-,29+/m1/s1. The number of benzene rings is 3. The van der Waals surface area contributed by atoms with Crippen LogP contribution in [0.25, 0.3) is 0 Å². The number of aliphatic hydroxyl groups is 1. The third-order valence-electron chi connectivity index (χ3n) is 6.27. The van der Waals surface area contributed by atoms with Crippen LogP contribution in [0.3, 0.4) is 0 Å². The molecule has 0 aliphatic carbocycles. The van der Waals surface area contributed by atoms with Gasteiger partial charge in [-0.25, -0.2) is 0 Å². The van der Waals surface area contributed by atoms with Crippen molar-refractivity contribution in [3.05, 3.63) is 83.4 Å². The molecule has 0 aromatic heterocycles. The molecule has 4 rings (SSSR count). The molecule has 0 radical (unpaired) electrons. The summed E-state index contributed by atoms with van der Waals surface area (Å²) in [5, 5.41) is 9.85. The van der Waals surface area contributed by atoms with E-state index in [1.807, 2.05) is 57.2 Å². The van der Waals surface area contributed by atoms with Crippen molar-refractivity contribution in [1.82, 2.24) is 0 Å². The third-order valence-corrected chi connectivity index (χ3v) is 6.27. The number of methoxy groups -OCH3 is 2. The molecular weight excluding hydrogens is 488 g/mol. The van der Waals surface area contributed by atoms with Crippen molar-refractivity contribution in [2.75, 3.05) is 27.4 Å². The van der Waals surface area contributed by atoms with E-state index in [1.54, 1.807) is 37.4 Å². The number of carbonyl (C=O) groups is 1. The molecule has 8 nitrogen and oxygen atoms in total. The highest BCUT2D eigenvalue weighted by atomic mass is 16.7. The van der Waals surface area contributed by atoms with Crippen molar-refractivity contribution in [3.63, 3.8) is 0 Å². The van der Waals surface area contributed by atoms with Gasteiger partial charge in [0.05, 0.1) is 27.4 Å². The van der Waals surface area contributed by atoms with Gasteiger partial charge in [-0.3, -0.25) is 4.79 Å². The Balaban J connectivity index is 1.54. The zero-order chi connectivity index (χ0) is 27.3. The normalized spacial score (nSPS) is 19.3. The van der Waals surface area contributed by atoms with Gasteiger partial charge in [-0.05, 0) is 68.8 Å². The van der Waals surface area contributed by atoms with E-state index in [0.29, 0.717) is 22.8 Å². The molecule has 1 aliphatic rings. The molecule has 3 atom stereocenters. The average molecular weight is 523 g/mol. The van der Waals surface area contributed by atoms with Crippen molar-refractivity contribution in [2.24, 2.45) is 0 Å². The summed E-state index contributed by atoms with van der Waals surface area (Å²) < 4.78 is 35.0. The second-order valence-corrected chi connectivity index (χ2v) is 9.51. The number of ketones is 1. The van der Waals surface area contributed by atoms with Gasteiger partial charge in [-0.15, -0.1) is 0 Å². The maximum absolute atomic E-state index is 13.1. The van der Waals surface area contributed by atoms with Crippen LogP contribution in [0.1, 0.15) is 41.4 Å². The predicted octanol–water partition coefficient (Wildman–Crippen LogP) is 4.91. The fourth-order valence-corrected chi connectivity index (χ4v) is 4.18. The first-order chi connectivity index (χ1) is 18.2. The number of rotatable bonds is 10. The van der Waals surface area contributed by atoms with Gasteiger partial charge in [0.15, 0.2) is 29.5 Å². The van der Waals surface area contributed by atoms with Crippen molar-refractivity contribution < 1.29 is 38.3 Å². The molecule has 1 aliphatic heterocycles. The lowest BCUT2D eigenvalue weighted by Crippen LogP contribution is -2.46. The van der Waals surface area contributed by atoms with E-state index in [-0.39, 0.29) is 12.4 Å². The molecule has 3 aromatic rings. The van der Waals surface area contributed by atoms with E-state index in [4.69, 9.17) is 28.4 Å². The molecule has 0 bridgehead atoms. The molecule has 8 heteroatoms. The minimum absolute atomic E-state index is 0.282. The molecule has 0 spiro atoms. The number of aryl methyl sites for hydroxylation is 1. The van der Waals surface area contributed by atoms with Crippen molar-refractivity contribution in [3.8, 4) is 23.0 Å². The predicted molar refractivity (Wildman–Crippen MR) is 141 cm³/mol. The fourth-order valence-electron chi connectivity index (χ4n) is 4.18. The van der Waals surface area contributed by atoms with Crippen LogP contribution in [0.2, 0.25) is 0 Å². The number of hydrogen-bond donors (Lipinski definition) is 1. The van der Waals surface area contributed by atoms with Crippen molar-refractivity contribution in [2.45, 2.75) is 44.9 Å². The van der Waals surface area contributed by atoms with E-state index in [2.05, 4.69) is 0 Å². The first kappa shape index (κ1) is 27.4. The van der Waals surface area contributed by atoms with E-state index in [0.717, 1.165) is 16.9 Å². The van der Waals surface area contributed by atoms with Crippen LogP contribution in [-0.2, 0) is 9.47 Å². The van der Waals surface area contributed by atoms with Crippen LogP contribution in [0.5, 0.6) is 23.0 Å². The maximum Gasteiger partial charge on any atom is 0.205 e. The quantitative estimate of drug-likeness (QED) is 0.376. The van der Waals surface area contributed by atoms with Crippen molar-refractivity contribution in [1.29, 1.82) is 0 Å². The van der Waals surface area contributed by atoms with Gasteiger partial charge in [-0.1, -0.05) is 29.8 Å². The Hall–Kier alpha value is -3.59. The van der Waals surface area contributed by atoms with Gasteiger partial charge in [0, 0.05) is 5.56 Å². The number of ether oxygens (including phenoxy) is 6. The van der Waals surface area contributed by atoms with Gasteiger partial charge in [0.1, 0.15) is 17.6 Å². The molecule has 38 heavy (non-hydrogen) atoms. The zero-order valence-corrected chi connectivity index (χ0v) is 22.3. The van der Waals surface area contributed by atoms with Crippen LogP contribution in [0, 0.1) is 6.92 Å². The van der Waals surface area contributed by atoms with Crippen molar-refractivity contribution >= 4 is 5.78 Å². The zero-order valence-electron chi connectivity index (χ0n) is 22.3. The van der Waals surface area contributed by atoms with E-state index >= 15 is 0 Å². The summed E-state index contributed by atoms with van der Waals surface area (Å²) in [6.45, 7) is 5.49. The molecule has 1 heterocycles. The smallest absolute Gasteiger partial charge is 0.205 e. The van der Waals surface area contributed by atoms with Crippen LogP contribution in [0.4, 0.5) is 0 Å². The van der Waals surface area contributed by atoms with Crippen LogP contribution in [0.15, 0.2) is 66.7 Å². The molecule has 1 saturated heterocycles. The first-order valence-corrected chi connectivity index (χ1v) is 12.4. The summed E-state index contributed by atoms with van der Waals surface area (Å²) in [6, 6.07) is 19.8. The molecule has 202 valence electrons. The minimum Gasteiger partial charge on any atom is -0.497 e. The second kappa shape index (κ2) is 11.9. The summed E-state index contributed by atoms with van der Waals surface area (Å²) in [7, 11) is 3.12. The summed E-state index contributed by atoms with van der Waals surface area (Å²) in [5.74, 6) is 0.870. The Morgan fingerprint density at radius 2 is 1.66 bits per heavy atom. The van der Waals surface area contributed by atoms with Gasteiger partial charge in [0.2, 0.25) is 5.78 Å². The molecule has 0 amide bonds. The highest BCUT2D eigenvalue weighted by Crippen LogP contribution is 2.38. The summed E-state index contributed by atoms with van der Waals surface area (Å²) in [5.41, 5.74) is 2.30. The Bertz CT molecular complexity index is 1220. The average Bonchev–Trinajstić information content (AvgIpc) is 2.93. The first-order valence-electron chi connectivity index (χ1n) is 12.4. The number of Topliss-reactive ketones (excluding diaryl/α,β-unsaturated/α-hetero) is 1. The molecule has 1 unspecified atom stereocenters. The topological polar surface area (TPSA) is 92.7 Å². The van der Waals surface area contributed by atoms with E-state index in [9.17, 15) is 9.90 Å². The summed E-state index contributed by atoms with van der Waals surface area (Å²) >= 11 is 0. The van der Waals surface area contributed by atoms with Gasteiger partial charge in [-0.2, -0.15) is 0 Å². The highest BCUT2D eigenvalue weighted by molar-refractivity contribution is 6.00. The van der Waals surface area contributed by atoms with Gasteiger partial charge < -0.3 is 33.5 Å². The second-order valence-electron chi connectivity index (χ2n) is 9.51. The minimum atomic E-state index is -1.06. The van der Waals surface area contributed by atoms with Crippen LogP contribution < -0.4 is 18.9 Å². The Kier molecular flexibility index (Phi) is 8.56. The maximum atomic E-state index is 13.1. The lowest BCUT2D eigenvalue weighted by molar-refractivity contribution is -0.302. The monoisotopic (exact) mass is 522 g/mol.